The number of hydrogen-bond acceptors (Lipinski definition) is 1. The lowest BCUT2D eigenvalue weighted by Gasteiger charge is -1.83. The van der Waals surface area contributed by atoms with Crippen molar-refractivity contribution in [3.63, 3.8) is 0 Å². The lowest BCUT2D eigenvalue weighted by molar-refractivity contribution is -0.924. The van der Waals surface area contributed by atoms with Crippen molar-refractivity contribution in [3.8, 4) is 0 Å². The van der Waals surface area contributed by atoms with E-state index in [0.29, 0.717) is 6.20 Å². The molecule has 0 bridgehead atoms. The van der Waals surface area contributed by atoms with Crippen molar-refractivity contribution in [1.29, 1.82) is 0 Å². The van der Waals surface area contributed by atoms with Crippen LogP contribution in [-0.4, -0.2) is 5.21 Å². The molecule has 1 aromatic heterocycles. The topological polar surface area (TPSA) is 24.1 Å². The molecule has 1 aromatic rings. The van der Waals surface area contributed by atoms with E-state index in [2.05, 4.69) is 0 Å². The van der Waals surface area contributed by atoms with Crippen LogP contribution < -0.4 is 4.73 Å². The minimum Gasteiger partial charge on any atom is -0.282 e. The highest BCUT2D eigenvalue weighted by Crippen LogP contribution is 1.91. The van der Waals surface area contributed by atoms with Crippen LogP contribution in [0.1, 0.15) is 0 Å². The van der Waals surface area contributed by atoms with Crippen LogP contribution in [0.5, 0.6) is 0 Å². The third-order valence-corrected chi connectivity index (χ3v) is 0.845. The van der Waals surface area contributed by atoms with Crippen LogP contribution >= 0.6 is 0 Å². The zero-order chi connectivity index (χ0) is 6.85. The van der Waals surface area contributed by atoms with Crippen LogP contribution in [0.15, 0.2) is 18.3 Å². The molecule has 2 nitrogen and oxygen atoms in total. The molecule has 48 valence electrons. The Hall–Kier alpha value is -1.19. The van der Waals surface area contributed by atoms with Gasteiger partial charge in [-0.1, -0.05) is 0 Å². The van der Waals surface area contributed by atoms with E-state index < -0.39 is 11.8 Å². The summed E-state index contributed by atoms with van der Waals surface area (Å²) >= 11 is 0. The second kappa shape index (κ2) is 1.97. The molecule has 0 aliphatic carbocycles. The summed E-state index contributed by atoms with van der Waals surface area (Å²) in [4.78, 5) is 0. The lowest BCUT2D eigenvalue weighted by Crippen LogP contribution is -2.34. The standard InChI is InChI=1S/C5H4F2NO/c6-4-1-2-5(7)8(9)3-4/h1-3,9H/q+1. The number of pyridine rings is 1. The smallest absolute Gasteiger partial charge is 0.282 e. The zero-order valence-electron chi connectivity index (χ0n) is 4.38. The number of rotatable bonds is 0. The van der Waals surface area contributed by atoms with Gasteiger partial charge in [-0.3, -0.25) is 5.21 Å². The van der Waals surface area contributed by atoms with Gasteiger partial charge < -0.3 is 0 Å². The molecular weight excluding hydrogens is 128 g/mol. The first-order chi connectivity index (χ1) is 4.20. The summed E-state index contributed by atoms with van der Waals surface area (Å²) in [6.07, 6.45) is 0.634. The van der Waals surface area contributed by atoms with Gasteiger partial charge in [0.1, 0.15) is 0 Å². The van der Waals surface area contributed by atoms with Gasteiger partial charge in [0.2, 0.25) is 0 Å². The number of nitrogens with zero attached hydrogens (tertiary/aromatic N) is 1. The van der Waals surface area contributed by atoms with Crippen LogP contribution in [0.4, 0.5) is 8.78 Å². The fourth-order valence-electron chi connectivity index (χ4n) is 0.446. The van der Waals surface area contributed by atoms with Crippen LogP contribution in [0, 0.1) is 11.8 Å². The Morgan fingerprint density at radius 3 is 2.44 bits per heavy atom. The summed E-state index contributed by atoms with van der Waals surface area (Å²) in [6, 6.07) is 1.75. The quantitative estimate of drug-likeness (QED) is 0.310. The van der Waals surface area contributed by atoms with Crippen molar-refractivity contribution in [3.05, 3.63) is 30.1 Å². The molecule has 0 aliphatic rings. The van der Waals surface area contributed by atoms with Crippen molar-refractivity contribution in [2.45, 2.75) is 0 Å². The molecule has 0 amide bonds. The summed E-state index contributed by atoms with van der Waals surface area (Å²) in [5.74, 6) is -1.57. The lowest BCUT2D eigenvalue weighted by atomic mass is 10.5. The largest absolute Gasteiger partial charge is 0.408 e. The first-order valence-corrected chi connectivity index (χ1v) is 2.26. The SMILES string of the molecule is O[n+]1cc(F)ccc1F. The molecule has 1 heterocycles. The monoisotopic (exact) mass is 132 g/mol. The van der Waals surface area contributed by atoms with E-state index in [0.717, 1.165) is 12.1 Å². The number of halogens is 2. The van der Waals surface area contributed by atoms with Crippen molar-refractivity contribution in [1.82, 2.24) is 0 Å². The highest BCUT2D eigenvalue weighted by atomic mass is 19.1. The predicted molar refractivity (Wildman–Crippen MR) is 23.7 cm³/mol. The molecule has 9 heavy (non-hydrogen) atoms. The average Bonchev–Trinajstić information content (AvgIpc) is 1.80. The van der Waals surface area contributed by atoms with Crippen LogP contribution in [0.25, 0.3) is 0 Å². The highest BCUT2D eigenvalue weighted by Gasteiger charge is 2.07. The maximum atomic E-state index is 12.0. The molecule has 4 heteroatoms. The van der Waals surface area contributed by atoms with Crippen molar-refractivity contribution in [2.75, 3.05) is 0 Å². The van der Waals surface area contributed by atoms with Gasteiger partial charge in [-0.15, -0.1) is 4.39 Å². The zero-order valence-corrected chi connectivity index (χ0v) is 4.38. The third-order valence-electron chi connectivity index (χ3n) is 0.845. The van der Waals surface area contributed by atoms with E-state index in [4.69, 9.17) is 5.21 Å². The van der Waals surface area contributed by atoms with Crippen molar-refractivity contribution >= 4 is 0 Å². The van der Waals surface area contributed by atoms with E-state index in [9.17, 15) is 8.78 Å². The number of hydrogen-bond donors (Lipinski definition) is 1. The molecular formula is C5H4F2NO+. The maximum absolute atomic E-state index is 12.0. The molecule has 1 N–H and O–H groups in total. The minimum atomic E-state index is -0.892. The van der Waals surface area contributed by atoms with E-state index in [1.54, 1.807) is 0 Å². The summed E-state index contributed by atoms with van der Waals surface area (Å²) in [7, 11) is 0. The van der Waals surface area contributed by atoms with E-state index in [1.165, 1.54) is 0 Å². The van der Waals surface area contributed by atoms with E-state index >= 15 is 0 Å². The van der Waals surface area contributed by atoms with Gasteiger partial charge in [0.15, 0.2) is 5.82 Å². The Bertz CT molecular complexity index is 226. The third kappa shape index (κ3) is 1.13. The van der Waals surface area contributed by atoms with E-state index in [-0.39, 0.29) is 4.73 Å². The van der Waals surface area contributed by atoms with Gasteiger partial charge in [0.25, 0.3) is 6.20 Å². The highest BCUT2D eigenvalue weighted by molar-refractivity contribution is 4.89. The second-order valence-corrected chi connectivity index (χ2v) is 1.51. The molecule has 0 atom stereocenters. The van der Waals surface area contributed by atoms with Crippen molar-refractivity contribution < 1.29 is 18.7 Å². The summed E-state index contributed by atoms with van der Waals surface area (Å²) in [5.41, 5.74) is 0. The Labute approximate surface area is 49.9 Å². The normalized spacial score (nSPS) is 9.56. The fraction of sp³-hybridized carbons (Fsp3) is 0. The Morgan fingerprint density at radius 2 is 2.00 bits per heavy atom. The number of aromatic nitrogens is 1. The van der Waals surface area contributed by atoms with Crippen LogP contribution in [0.3, 0.4) is 0 Å². The molecule has 0 unspecified atom stereocenters. The van der Waals surface area contributed by atoms with Gasteiger partial charge in [-0.05, 0) is 6.07 Å². The fourth-order valence-corrected chi connectivity index (χ4v) is 0.446. The van der Waals surface area contributed by atoms with Gasteiger partial charge in [-0.2, -0.15) is 0 Å². The first-order valence-electron chi connectivity index (χ1n) is 2.26. The average molecular weight is 132 g/mol. The van der Waals surface area contributed by atoms with Crippen LogP contribution in [0.2, 0.25) is 0 Å². The summed E-state index contributed by atoms with van der Waals surface area (Å²) < 4.78 is 24.1. The maximum Gasteiger partial charge on any atom is 0.408 e. The Balaban J connectivity index is 3.17. The minimum absolute atomic E-state index is 0.0787. The molecule has 0 aromatic carbocycles. The van der Waals surface area contributed by atoms with Crippen molar-refractivity contribution in [2.24, 2.45) is 0 Å². The van der Waals surface area contributed by atoms with Gasteiger partial charge in [0, 0.05) is 10.8 Å². The molecule has 0 saturated heterocycles. The first kappa shape index (κ1) is 5.94. The Morgan fingerprint density at radius 1 is 1.33 bits per heavy atom. The Kier molecular flexibility index (Phi) is 1.30. The van der Waals surface area contributed by atoms with Gasteiger partial charge in [-0.25, -0.2) is 4.39 Å². The predicted octanol–water partition coefficient (Wildman–Crippen LogP) is 0.490. The molecule has 0 spiro atoms. The van der Waals surface area contributed by atoms with Gasteiger partial charge >= 0.3 is 5.95 Å². The summed E-state index contributed by atoms with van der Waals surface area (Å²) in [6.45, 7) is 0. The molecule has 0 fully saturated rings. The molecule has 1 rings (SSSR count). The molecule has 0 radical (unpaired) electrons. The molecule has 0 aliphatic heterocycles. The second-order valence-electron chi connectivity index (χ2n) is 1.51. The van der Waals surface area contributed by atoms with Crippen LogP contribution in [-0.2, 0) is 0 Å². The summed E-state index contributed by atoms with van der Waals surface area (Å²) in [5, 5.41) is 8.40. The molecule has 0 saturated carbocycles. The van der Waals surface area contributed by atoms with Gasteiger partial charge in [0.05, 0.1) is 0 Å². The van der Waals surface area contributed by atoms with E-state index in [1.807, 2.05) is 0 Å².